The molecule has 0 aliphatic carbocycles. The van der Waals surface area contributed by atoms with E-state index in [0.29, 0.717) is 24.5 Å². The number of para-hydroxylation sites is 2. The van der Waals surface area contributed by atoms with Crippen LogP contribution in [0.15, 0.2) is 83.3 Å². The van der Waals surface area contributed by atoms with Gasteiger partial charge in [-0.3, -0.25) is 9.69 Å². The average Bonchev–Trinajstić information content (AvgIpc) is 3.53. The SMILES string of the molecule is O=C(c1ccc(Br)cc1OCC1CO1)N(c1ccccc1)c1ccccc1. The maximum Gasteiger partial charge on any atom is 0.266 e. The fourth-order valence-corrected chi connectivity index (χ4v) is 3.14. The lowest BCUT2D eigenvalue weighted by atomic mass is 10.1. The molecule has 1 atom stereocenters. The molecule has 136 valence electrons. The molecule has 1 unspecified atom stereocenters. The number of nitrogens with zero attached hydrogens (tertiary/aromatic N) is 1. The predicted molar refractivity (Wildman–Crippen MR) is 109 cm³/mol. The molecule has 0 bridgehead atoms. The molecule has 0 saturated carbocycles. The van der Waals surface area contributed by atoms with Crippen molar-refractivity contribution < 1.29 is 14.3 Å². The Balaban J connectivity index is 1.73. The van der Waals surface area contributed by atoms with Gasteiger partial charge in [-0.2, -0.15) is 0 Å². The standard InChI is InChI=1S/C22H18BrNO3/c23-16-11-12-20(21(13-16)27-15-19-14-26-19)22(25)24(17-7-3-1-4-8-17)18-9-5-2-6-10-18/h1-13,19H,14-15H2. The number of benzene rings is 3. The van der Waals surface area contributed by atoms with Gasteiger partial charge in [0.05, 0.1) is 12.2 Å². The van der Waals surface area contributed by atoms with E-state index in [1.54, 1.807) is 11.0 Å². The van der Waals surface area contributed by atoms with Gasteiger partial charge < -0.3 is 9.47 Å². The fraction of sp³-hybridized carbons (Fsp3) is 0.136. The van der Waals surface area contributed by atoms with Crippen molar-refractivity contribution in [1.29, 1.82) is 0 Å². The van der Waals surface area contributed by atoms with Crippen LogP contribution in [0.5, 0.6) is 5.75 Å². The fourth-order valence-electron chi connectivity index (χ4n) is 2.80. The smallest absolute Gasteiger partial charge is 0.266 e. The highest BCUT2D eigenvalue weighted by atomic mass is 79.9. The minimum Gasteiger partial charge on any atom is -0.490 e. The predicted octanol–water partition coefficient (Wildman–Crippen LogP) is 5.21. The van der Waals surface area contributed by atoms with Gasteiger partial charge in [0.25, 0.3) is 5.91 Å². The average molecular weight is 424 g/mol. The first kappa shape index (κ1) is 17.8. The zero-order valence-corrected chi connectivity index (χ0v) is 16.1. The van der Waals surface area contributed by atoms with E-state index in [4.69, 9.17) is 9.47 Å². The number of amides is 1. The highest BCUT2D eigenvalue weighted by Crippen LogP contribution is 2.32. The summed E-state index contributed by atoms with van der Waals surface area (Å²) in [6.07, 6.45) is 0.117. The molecule has 1 fully saturated rings. The number of hydrogen-bond donors (Lipinski definition) is 0. The number of anilines is 2. The number of carbonyl (C=O) groups excluding carboxylic acids is 1. The first-order chi connectivity index (χ1) is 13.2. The van der Waals surface area contributed by atoms with Crippen molar-refractivity contribution in [2.45, 2.75) is 6.10 Å². The van der Waals surface area contributed by atoms with Gasteiger partial charge >= 0.3 is 0 Å². The molecule has 1 aliphatic heterocycles. The van der Waals surface area contributed by atoms with Crippen molar-refractivity contribution in [3.05, 3.63) is 88.9 Å². The molecular weight excluding hydrogens is 406 g/mol. The molecule has 4 nitrogen and oxygen atoms in total. The molecular formula is C22H18BrNO3. The maximum atomic E-state index is 13.5. The lowest BCUT2D eigenvalue weighted by molar-refractivity contribution is 0.0994. The van der Waals surface area contributed by atoms with Gasteiger partial charge in [-0.05, 0) is 42.5 Å². The normalized spacial score (nSPS) is 15.2. The van der Waals surface area contributed by atoms with Crippen LogP contribution in [0.25, 0.3) is 0 Å². The quantitative estimate of drug-likeness (QED) is 0.511. The number of ether oxygens (including phenoxy) is 2. The molecule has 0 N–H and O–H groups in total. The number of halogens is 1. The topological polar surface area (TPSA) is 42.1 Å². The number of hydrogen-bond acceptors (Lipinski definition) is 3. The highest BCUT2D eigenvalue weighted by Gasteiger charge is 2.26. The molecule has 3 aromatic carbocycles. The lowest BCUT2D eigenvalue weighted by Gasteiger charge is -2.24. The second-order valence-corrected chi connectivity index (χ2v) is 7.13. The Morgan fingerprint density at radius 1 is 1.00 bits per heavy atom. The third-order valence-corrected chi connectivity index (χ3v) is 4.73. The molecule has 1 amide bonds. The third-order valence-electron chi connectivity index (χ3n) is 4.23. The van der Waals surface area contributed by atoms with Gasteiger partial charge in [0.2, 0.25) is 0 Å². The summed E-state index contributed by atoms with van der Waals surface area (Å²) in [5.41, 5.74) is 2.10. The van der Waals surface area contributed by atoms with Gasteiger partial charge in [-0.1, -0.05) is 52.3 Å². The Bertz CT molecular complexity index is 887. The number of carbonyl (C=O) groups is 1. The van der Waals surface area contributed by atoms with Gasteiger partial charge in [0.1, 0.15) is 18.5 Å². The van der Waals surface area contributed by atoms with Gasteiger partial charge in [-0.15, -0.1) is 0 Å². The van der Waals surface area contributed by atoms with E-state index < -0.39 is 0 Å². The molecule has 1 aliphatic rings. The van der Waals surface area contributed by atoms with Crippen molar-refractivity contribution >= 4 is 33.2 Å². The maximum absolute atomic E-state index is 13.5. The molecule has 0 spiro atoms. The summed E-state index contributed by atoms with van der Waals surface area (Å²) in [4.78, 5) is 15.2. The van der Waals surface area contributed by atoms with Crippen LogP contribution in [-0.4, -0.2) is 25.2 Å². The first-order valence-electron chi connectivity index (χ1n) is 8.71. The molecule has 5 heteroatoms. The molecule has 4 rings (SSSR count). The van der Waals surface area contributed by atoms with Gasteiger partial charge in [0, 0.05) is 15.8 Å². The van der Waals surface area contributed by atoms with Crippen LogP contribution < -0.4 is 9.64 Å². The van der Waals surface area contributed by atoms with E-state index in [0.717, 1.165) is 15.8 Å². The van der Waals surface area contributed by atoms with E-state index in [2.05, 4.69) is 15.9 Å². The van der Waals surface area contributed by atoms with Gasteiger partial charge in [-0.25, -0.2) is 0 Å². The molecule has 27 heavy (non-hydrogen) atoms. The summed E-state index contributed by atoms with van der Waals surface area (Å²) in [7, 11) is 0. The second kappa shape index (κ2) is 7.94. The van der Waals surface area contributed by atoms with Crippen molar-refractivity contribution in [3.8, 4) is 5.75 Å². The first-order valence-corrected chi connectivity index (χ1v) is 9.50. The summed E-state index contributed by atoms with van der Waals surface area (Å²) in [6.45, 7) is 1.14. The van der Waals surface area contributed by atoms with E-state index in [1.807, 2.05) is 72.8 Å². The van der Waals surface area contributed by atoms with Crippen molar-refractivity contribution in [3.63, 3.8) is 0 Å². The van der Waals surface area contributed by atoms with Crippen molar-refractivity contribution in [2.24, 2.45) is 0 Å². The molecule has 1 heterocycles. The Kier molecular flexibility index (Phi) is 5.23. The summed E-state index contributed by atoms with van der Waals surface area (Å²) in [5.74, 6) is 0.397. The van der Waals surface area contributed by atoms with Crippen LogP contribution in [0, 0.1) is 0 Å². The molecule has 0 aromatic heterocycles. The van der Waals surface area contributed by atoms with Crippen molar-refractivity contribution in [1.82, 2.24) is 0 Å². The summed E-state index contributed by atoms with van der Waals surface area (Å²) >= 11 is 3.46. The van der Waals surface area contributed by atoms with Crippen molar-refractivity contribution in [2.75, 3.05) is 18.1 Å². The summed E-state index contributed by atoms with van der Waals surface area (Å²) < 4.78 is 12.0. The van der Waals surface area contributed by atoms with E-state index in [9.17, 15) is 4.79 Å². The monoisotopic (exact) mass is 423 g/mol. The minimum atomic E-state index is -0.147. The Labute approximate surface area is 166 Å². The Morgan fingerprint density at radius 2 is 1.59 bits per heavy atom. The van der Waals surface area contributed by atoms with Crippen LogP contribution in [-0.2, 0) is 4.74 Å². The minimum absolute atomic E-state index is 0.117. The zero-order valence-electron chi connectivity index (χ0n) is 14.5. The molecule has 0 radical (unpaired) electrons. The Hall–Kier alpha value is -2.63. The highest BCUT2D eigenvalue weighted by molar-refractivity contribution is 9.10. The number of epoxide rings is 1. The van der Waals surface area contributed by atoms with E-state index in [-0.39, 0.29) is 12.0 Å². The Morgan fingerprint density at radius 3 is 2.15 bits per heavy atom. The second-order valence-electron chi connectivity index (χ2n) is 6.22. The zero-order chi connectivity index (χ0) is 18.6. The molecule has 1 saturated heterocycles. The number of rotatable bonds is 6. The van der Waals surface area contributed by atoms with E-state index in [1.165, 1.54) is 0 Å². The van der Waals surface area contributed by atoms with Gasteiger partial charge in [0.15, 0.2) is 0 Å². The molecule has 3 aromatic rings. The summed E-state index contributed by atoms with van der Waals surface area (Å²) in [5, 5.41) is 0. The lowest BCUT2D eigenvalue weighted by Crippen LogP contribution is -2.26. The third kappa shape index (κ3) is 4.21. The summed E-state index contributed by atoms with van der Waals surface area (Å²) in [6, 6.07) is 24.7. The van der Waals surface area contributed by atoms with E-state index >= 15 is 0 Å². The van der Waals surface area contributed by atoms with Crippen LogP contribution in [0.4, 0.5) is 11.4 Å². The van der Waals surface area contributed by atoms with Crippen LogP contribution in [0.3, 0.4) is 0 Å². The van der Waals surface area contributed by atoms with Crippen LogP contribution in [0.2, 0.25) is 0 Å². The largest absolute Gasteiger partial charge is 0.490 e. The van der Waals surface area contributed by atoms with Crippen LogP contribution in [0.1, 0.15) is 10.4 Å². The van der Waals surface area contributed by atoms with Crippen LogP contribution >= 0.6 is 15.9 Å².